The fourth-order valence-corrected chi connectivity index (χ4v) is 3.16. The molecule has 0 spiro atoms. The van der Waals surface area contributed by atoms with E-state index in [0.29, 0.717) is 42.6 Å². The molecule has 3 aromatic carbocycles. The Balaban J connectivity index is 1.73. The molecule has 6 heteroatoms. The second kappa shape index (κ2) is 11.0. The van der Waals surface area contributed by atoms with Crippen LogP contribution in [0.15, 0.2) is 66.7 Å². The third kappa shape index (κ3) is 5.99. The maximum atomic E-state index is 12.8. The van der Waals surface area contributed by atoms with E-state index in [1.54, 1.807) is 19.2 Å². The van der Waals surface area contributed by atoms with Crippen LogP contribution in [0, 0.1) is 0 Å². The molecule has 0 bridgehead atoms. The van der Waals surface area contributed by atoms with Crippen molar-refractivity contribution in [1.29, 1.82) is 0 Å². The summed E-state index contributed by atoms with van der Waals surface area (Å²) in [7, 11) is 4.72. The molecule has 162 valence electrons. The molecular weight excluding hydrogens is 394 g/mol. The van der Waals surface area contributed by atoms with Crippen LogP contribution in [0.5, 0.6) is 17.2 Å². The largest absolute Gasteiger partial charge is 0.493 e. The summed E-state index contributed by atoms with van der Waals surface area (Å²) >= 11 is 0. The summed E-state index contributed by atoms with van der Waals surface area (Å²) in [6.07, 6.45) is 0. The van der Waals surface area contributed by atoms with E-state index in [-0.39, 0.29) is 5.91 Å². The van der Waals surface area contributed by atoms with Gasteiger partial charge in [-0.15, -0.1) is 0 Å². The third-order valence-electron chi connectivity index (χ3n) is 4.70. The number of hydrogen-bond donors (Lipinski definition) is 1. The van der Waals surface area contributed by atoms with E-state index in [9.17, 15) is 4.79 Å². The molecule has 0 aliphatic rings. The number of rotatable bonds is 10. The SMILES string of the molecule is COCc1cccc(CNC(=O)c2cc(OC)c(OCc3ccccc3)c(OC)c2)c1. The zero-order chi connectivity index (χ0) is 22.1. The van der Waals surface area contributed by atoms with Gasteiger partial charge >= 0.3 is 0 Å². The monoisotopic (exact) mass is 421 g/mol. The fourth-order valence-electron chi connectivity index (χ4n) is 3.16. The first-order chi connectivity index (χ1) is 15.1. The van der Waals surface area contributed by atoms with Crippen molar-refractivity contribution in [2.45, 2.75) is 19.8 Å². The average Bonchev–Trinajstić information content (AvgIpc) is 2.81. The lowest BCUT2D eigenvalue weighted by Crippen LogP contribution is -2.23. The first kappa shape index (κ1) is 22.2. The average molecular weight is 421 g/mol. The van der Waals surface area contributed by atoms with Crippen LogP contribution in [-0.4, -0.2) is 27.2 Å². The van der Waals surface area contributed by atoms with Crippen LogP contribution in [0.4, 0.5) is 0 Å². The molecule has 0 aliphatic carbocycles. The van der Waals surface area contributed by atoms with Crippen molar-refractivity contribution >= 4 is 5.91 Å². The van der Waals surface area contributed by atoms with Gasteiger partial charge in [0, 0.05) is 19.2 Å². The number of nitrogens with one attached hydrogen (secondary N) is 1. The summed E-state index contributed by atoms with van der Waals surface area (Å²) in [4.78, 5) is 12.8. The quantitative estimate of drug-likeness (QED) is 0.527. The summed E-state index contributed by atoms with van der Waals surface area (Å²) in [6, 6.07) is 21.0. The number of methoxy groups -OCH3 is 3. The van der Waals surface area contributed by atoms with Crippen LogP contribution in [0.3, 0.4) is 0 Å². The van der Waals surface area contributed by atoms with E-state index in [2.05, 4.69) is 5.32 Å². The standard InChI is InChI=1S/C25H27NO5/c1-28-16-20-11-7-10-19(12-20)15-26-25(27)21-13-22(29-2)24(23(14-21)30-3)31-17-18-8-5-4-6-9-18/h4-14H,15-17H2,1-3H3,(H,26,27). The molecule has 0 saturated carbocycles. The van der Waals surface area contributed by atoms with Crippen molar-refractivity contribution in [1.82, 2.24) is 5.32 Å². The molecule has 0 radical (unpaired) electrons. The predicted molar refractivity (Wildman–Crippen MR) is 119 cm³/mol. The molecule has 31 heavy (non-hydrogen) atoms. The topological polar surface area (TPSA) is 66.0 Å². The predicted octanol–water partition coefficient (Wildman–Crippen LogP) is 4.36. The third-order valence-corrected chi connectivity index (χ3v) is 4.70. The number of carbonyl (C=O) groups is 1. The molecule has 3 rings (SSSR count). The Hall–Kier alpha value is -3.51. The maximum Gasteiger partial charge on any atom is 0.251 e. The molecule has 6 nitrogen and oxygen atoms in total. The summed E-state index contributed by atoms with van der Waals surface area (Å²) < 4.78 is 22.1. The van der Waals surface area contributed by atoms with Crippen LogP contribution in [0.1, 0.15) is 27.0 Å². The number of hydrogen-bond acceptors (Lipinski definition) is 5. The Morgan fingerprint density at radius 1 is 0.774 bits per heavy atom. The van der Waals surface area contributed by atoms with Gasteiger partial charge in [-0.25, -0.2) is 0 Å². The van der Waals surface area contributed by atoms with Crippen molar-refractivity contribution in [2.24, 2.45) is 0 Å². The molecule has 3 aromatic rings. The molecule has 0 aliphatic heterocycles. The van der Waals surface area contributed by atoms with E-state index < -0.39 is 0 Å². The molecule has 0 fully saturated rings. The normalized spacial score (nSPS) is 10.4. The van der Waals surface area contributed by atoms with Gasteiger partial charge in [-0.1, -0.05) is 54.6 Å². The van der Waals surface area contributed by atoms with Gasteiger partial charge in [-0.3, -0.25) is 4.79 Å². The maximum absolute atomic E-state index is 12.8. The molecule has 0 heterocycles. The molecule has 1 amide bonds. The van der Waals surface area contributed by atoms with E-state index in [1.165, 1.54) is 14.2 Å². The van der Waals surface area contributed by atoms with Crippen LogP contribution < -0.4 is 19.5 Å². The van der Waals surface area contributed by atoms with Gasteiger partial charge in [0.1, 0.15) is 6.61 Å². The minimum Gasteiger partial charge on any atom is -0.493 e. The lowest BCUT2D eigenvalue weighted by Gasteiger charge is -2.16. The van der Waals surface area contributed by atoms with E-state index in [4.69, 9.17) is 18.9 Å². The van der Waals surface area contributed by atoms with Gasteiger partial charge in [-0.2, -0.15) is 0 Å². The van der Waals surface area contributed by atoms with Gasteiger partial charge < -0.3 is 24.3 Å². The highest BCUT2D eigenvalue weighted by molar-refractivity contribution is 5.95. The molecule has 1 N–H and O–H groups in total. The van der Waals surface area contributed by atoms with Crippen LogP contribution in [0.2, 0.25) is 0 Å². The summed E-state index contributed by atoms with van der Waals surface area (Å²) in [5, 5.41) is 2.93. The van der Waals surface area contributed by atoms with Crippen LogP contribution >= 0.6 is 0 Å². The Kier molecular flexibility index (Phi) is 7.90. The van der Waals surface area contributed by atoms with Gasteiger partial charge in [0.2, 0.25) is 5.75 Å². The van der Waals surface area contributed by atoms with Gasteiger partial charge in [0.15, 0.2) is 11.5 Å². The van der Waals surface area contributed by atoms with E-state index >= 15 is 0 Å². The lowest BCUT2D eigenvalue weighted by molar-refractivity contribution is 0.0950. The lowest BCUT2D eigenvalue weighted by atomic mass is 10.1. The number of amides is 1. The van der Waals surface area contributed by atoms with E-state index in [0.717, 1.165) is 16.7 Å². The minimum atomic E-state index is -0.233. The van der Waals surface area contributed by atoms with Gasteiger partial charge in [0.25, 0.3) is 5.91 Å². The Morgan fingerprint density at radius 2 is 1.42 bits per heavy atom. The second-order valence-electron chi connectivity index (χ2n) is 6.92. The Labute approximate surface area is 182 Å². The summed E-state index contributed by atoms with van der Waals surface area (Å²) in [6.45, 7) is 1.28. The molecule has 0 aromatic heterocycles. The van der Waals surface area contributed by atoms with Crippen molar-refractivity contribution in [2.75, 3.05) is 21.3 Å². The Morgan fingerprint density at radius 3 is 2.06 bits per heavy atom. The highest BCUT2D eigenvalue weighted by Crippen LogP contribution is 2.39. The summed E-state index contributed by atoms with van der Waals surface area (Å²) in [5.41, 5.74) is 3.49. The second-order valence-corrected chi connectivity index (χ2v) is 6.92. The number of ether oxygens (including phenoxy) is 4. The zero-order valence-electron chi connectivity index (χ0n) is 18.0. The fraction of sp³-hybridized carbons (Fsp3) is 0.240. The highest BCUT2D eigenvalue weighted by atomic mass is 16.5. The zero-order valence-corrected chi connectivity index (χ0v) is 18.0. The number of carbonyl (C=O) groups excluding carboxylic acids is 1. The van der Waals surface area contributed by atoms with E-state index in [1.807, 2.05) is 54.6 Å². The van der Waals surface area contributed by atoms with Crippen molar-refractivity contribution in [3.63, 3.8) is 0 Å². The smallest absolute Gasteiger partial charge is 0.251 e. The van der Waals surface area contributed by atoms with Crippen molar-refractivity contribution in [3.8, 4) is 17.2 Å². The van der Waals surface area contributed by atoms with Crippen molar-refractivity contribution < 1.29 is 23.7 Å². The number of benzene rings is 3. The minimum absolute atomic E-state index is 0.233. The van der Waals surface area contributed by atoms with Gasteiger partial charge in [-0.05, 0) is 28.8 Å². The molecule has 0 atom stereocenters. The Bertz CT molecular complexity index is 979. The summed E-state index contributed by atoms with van der Waals surface area (Å²) in [5.74, 6) is 1.09. The molecule has 0 unspecified atom stereocenters. The first-order valence-corrected chi connectivity index (χ1v) is 9.92. The van der Waals surface area contributed by atoms with Gasteiger partial charge in [0.05, 0.1) is 20.8 Å². The van der Waals surface area contributed by atoms with Crippen LogP contribution in [0.25, 0.3) is 0 Å². The highest BCUT2D eigenvalue weighted by Gasteiger charge is 2.18. The van der Waals surface area contributed by atoms with Crippen LogP contribution in [-0.2, 0) is 24.5 Å². The first-order valence-electron chi connectivity index (χ1n) is 9.92. The molecular formula is C25H27NO5. The van der Waals surface area contributed by atoms with Crippen molar-refractivity contribution in [3.05, 3.63) is 89.0 Å². The molecule has 0 saturated heterocycles.